The van der Waals surface area contributed by atoms with E-state index < -0.39 is 0 Å². The number of methoxy groups -OCH3 is 4. The van der Waals surface area contributed by atoms with Gasteiger partial charge in [-0.3, -0.25) is 19.9 Å². The van der Waals surface area contributed by atoms with Crippen LogP contribution in [0, 0.1) is 13.8 Å². The highest BCUT2D eigenvalue weighted by Crippen LogP contribution is 2.35. The van der Waals surface area contributed by atoms with Crippen molar-refractivity contribution in [2.45, 2.75) is 39.5 Å². The van der Waals surface area contributed by atoms with E-state index in [2.05, 4.69) is 104 Å². The first-order chi connectivity index (χ1) is 44.1. The van der Waals surface area contributed by atoms with E-state index in [0.717, 1.165) is 131 Å². The first kappa shape index (κ1) is 63.0. The molecule has 6 aromatic carbocycles. The Morgan fingerprint density at radius 1 is 0.322 bits per heavy atom. The van der Waals surface area contributed by atoms with Crippen LogP contribution in [0.25, 0.3) is 67.3 Å². The topological polar surface area (TPSA) is 144 Å². The Bertz CT molecular complexity index is 3700. The fourth-order valence-electron chi connectivity index (χ4n) is 10.2. The third-order valence-corrected chi connectivity index (χ3v) is 14.9. The molecule has 0 radical (unpaired) electrons. The predicted octanol–water partition coefficient (Wildman–Crippen LogP) is 16.0. The molecule has 10 rings (SSSR count). The highest BCUT2D eigenvalue weighted by molar-refractivity contribution is 5.76. The number of nitrogens with zero attached hydrogens (tertiary/aromatic N) is 4. The molecule has 0 saturated carbocycles. The minimum Gasteiger partial charge on any atom is -0.497 e. The maximum Gasteiger partial charge on any atom is 0.161 e. The highest BCUT2D eigenvalue weighted by Gasteiger charge is 2.16. The molecule has 90 heavy (non-hydrogen) atoms. The van der Waals surface area contributed by atoms with E-state index >= 15 is 0 Å². The second-order valence-electron chi connectivity index (χ2n) is 21.5. The van der Waals surface area contributed by atoms with Crippen LogP contribution in [0.5, 0.6) is 46.0 Å². The summed E-state index contributed by atoms with van der Waals surface area (Å²) in [6, 6.07) is 64.3. The number of benzene rings is 6. The van der Waals surface area contributed by atoms with E-state index in [1.54, 1.807) is 28.4 Å². The molecule has 0 atom stereocenters. The molecule has 4 aromatic heterocycles. The normalized spacial score (nSPS) is 11.0. The van der Waals surface area contributed by atoms with Gasteiger partial charge >= 0.3 is 0 Å². The van der Waals surface area contributed by atoms with Gasteiger partial charge in [-0.05, 0) is 211 Å². The van der Waals surface area contributed by atoms with Gasteiger partial charge in [0.1, 0.15) is 49.4 Å². The summed E-state index contributed by atoms with van der Waals surface area (Å²) in [4.78, 5) is 20.1. The highest BCUT2D eigenvalue weighted by atomic mass is 16.6. The minimum atomic E-state index is 0.226. The van der Waals surface area contributed by atoms with E-state index in [9.17, 15) is 0 Å². The largest absolute Gasteiger partial charge is 0.497 e. The van der Waals surface area contributed by atoms with Crippen molar-refractivity contribution in [2.75, 3.05) is 81.3 Å². The molecule has 0 bridgehead atoms. The monoisotopic (exact) mass is 1200 g/mol. The molecule has 0 aliphatic heterocycles. The van der Waals surface area contributed by atoms with Crippen molar-refractivity contribution in [3.05, 3.63) is 229 Å². The predicted molar refractivity (Wildman–Crippen MR) is 355 cm³/mol. The first-order valence-corrected chi connectivity index (χ1v) is 30.2. The molecular formula is C76H76N4O10. The summed E-state index contributed by atoms with van der Waals surface area (Å²) < 4.78 is 58.6. The lowest BCUT2D eigenvalue weighted by Gasteiger charge is -2.16. The van der Waals surface area contributed by atoms with Gasteiger partial charge in [0.2, 0.25) is 0 Å². The number of pyridine rings is 4. The molecule has 0 spiro atoms. The first-order valence-electron chi connectivity index (χ1n) is 30.2. The van der Waals surface area contributed by atoms with Crippen LogP contribution in [-0.4, -0.2) is 101 Å². The Hall–Kier alpha value is -10.0. The Balaban J connectivity index is 0.659. The quantitative estimate of drug-likeness (QED) is 0.0291. The molecule has 0 saturated heterocycles. The Kier molecular flexibility index (Phi) is 22.2. The second-order valence-corrected chi connectivity index (χ2v) is 21.5. The van der Waals surface area contributed by atoms with Gasteiger partial charge in [0.25, 0.3) is 0 Å². The maximum absolute atomic E-state index is 6.20. The molecule has 14 nitrogen and oxygen atoms in total. The molecule has 0 unspecified atom stereocenters. The minimum absolute atomic E-state index is 0.226. The smallest absolute Gasteiger partial charge is 0.161 e. The maximum atomic E-state index is 6.20. The molecule has 0 aliphatic rings. The number of hydrogen-bond acceptors (Lipinski definition) is 14. The number of hydrogen-bond donors (Lipinski definition) is 0. The van der Waals surface area contributed by atoms with Gasteiger partial charge in [-0.25, -0.2) is 0 Å². The molecule has 4 heterocycles. The van der Waals surface area contributed by atoms with E-state index in [-0.39, 0.29) is 13.2 Å². The summed E-state index contributed by atoms with van der Waals surface area (Å²) in [6.45, 7) is 11.3. The van der Waals surface area contributed by atoms with Gasteiger partial charge in [-0.1, -0.05) is 79.4 Å². The van der Waals surface area contributed by atoms with Crippen molar-refractivity contribution < 1.29 is 47.4 Å². The van der Waals surface area contributed by atoms with Gasteiger partial charge < -0.3 is 47.4 Å². The van der Waals surface area contributed by atoms with Crippen molar-refractivity contribution >= 4 is 0 Å². The van der Waals surface area contributed by atoms with Crippen molar-refractivity contribution in [3.63, 3.8) is 0 Å². The number of rotatable bonds is 32. The zero-order valence-corrected chi connectivity index (χ0v) is 52.0. The summed E-state index contributed by atoms with van der Waals surface area (Å²) in [6.07, 6.45) is 2.95. The van der Waals surface area contributed by atoms with E-state index in [4.69, 9.17) is 67.3 Å². The van der Waals surface area contributed by atoms with Crippen molar-refractivity contribution in [2.24, 2.45) is 0 Å². The number of aryl methyl sites for hydroxylation is 4. The van der Waals surface area contributed by atoms with Crippen LogP contribution < -0.4 is 37.9 Å². The third-order valence-electron chi connectivity index (χ3n) is 14.9. The SMILES string of the molecule is C=C(COc1ccccc1OCCOCCCc1cc(-c2ccc(OC)cc2)cc(-c2cc(-c3ccc(OC)cc3)cc(C)n2)n1)COc1ccccc1OCCOCCCc1cc(-c2ccc(OC)cc2)cc(-c2cc(-c3ccc(OC)cc3)cc(C)n2)n1. The van der Waals surface area contributed by atoms with Crippen LogP contribution in [0.1, 0.15) is 35.6 Å². The van der Waals surface area contributed by atoms with Gasteiger partial charge in [-0.15, -0.1) is 0 Å². The second kappa shape index (κ2) is 31.8. The lowest BCUT2D eigenvalue weighted by atomic mass is 10.0. The molecule has 14 heteroatoms. The Morgan fingerprint density at radius 3 is 0.944 bits per heavy atom. The van der Waals surface area contributed by atoms with E-state index in [0.29, 0.717) is 75.5 Å². The summed E-state index contributed by atoms with van der Waals surface area (Å²) in [7, 11) is 6.69. The zero-order chi connectivity index (χ0) is 62.4. The van der Waals surface area contributed by atoms with Crippen LogP contribution in [-0.2, 0) is 22.3 Å². The number of aromatic nitrogens is 4. The fourth-order valence-corrected chi connectivity index (χ4v) is 10.2. The Morgan fingerprint density at radius 2 is 0.622 bits per heavy atom. The fraction of sp³-hybridized carbons (Fsp3) is 0.237. The molecule has 0 amide bonds. The third kappa shape index (κ3) is 17.6. The average molecular weight is 1210 g/mol. The van der Waals surface area contributed by atoms with Crippen LogP contribution in [0.15, 0.2) is 206 Å². The van der Waals surface area contributed by atoms with Crippen LogP contribution >= 0.6 is 0 Å². The standard InChI is InChI=1S/C76H76N4O10/c1-52(50-89-75-18-10-8-16-73(75)87-40-38-85-36-12-14-63-44-61(57-24-32-67(83-6)33-25-57)48-71(79-63)69-46-59(42-53(2)77-69)55-20-28-65(81-4)29-21-55)51-90-76-19-11-9-17-74(76)88-41-39-86-37-13-15-64-45-62(58-26-34-68(84-7)35-27-58)49-72(80-64)70-47-60(43-54(3)78-70)56-22-30-66(82-5)31-23-56/h8-11,16-35,42-49H,1,12-15,36-41,50-51H2,2-7H3. The molecule has 0 fully saturated rings. The molecule has 460 valence electrons. The van der Waals surface area contributed by atoms with Gasteiger partial charge in [0, 0.05) is 36.0 Å². The molecule has 0 N–H and O–H groups in total. The lowest BCUT2D eigenvalue weighted by molar-refractivity contribution is 0.0968. The van der Waals surface area contributed by atoms with E-state index in [1.165, 1.54) is 0 Å². The number of ether oxygens (including phenoxy) is 10. The molecule has 10 aromatic rings. The van der Waals surface area contributed by atoms with Gasteiger partial charge in [0.15, 0.2) is 23.0 Å². The summed E-state index contributed by atoms with van der Waals surface area (Å²) >= 11 is 0. The lowest BCUT2D eigenvalue weighted by Crippen LogP contribution is -2.12. The van der Waals surface area contributed by atoms with Crippen LogP contribution in [0.2, 0.25) is 0 Å². The average Bonchev–Trinajstić information content (AvgIpc) is 1.45. The van der Waals surface area contributed by atoms with Gasteiger partial charge in [-0.2, -0.15) is 0 Å². The van der Waals surface area contributed by atoms with Crippen molar-refractivity contribution in [3.8, 4) is 113 Å². The zero-order valence-electron chi connectivity index (χ0n) is 52.0. The summed E-state index contributed by atoms with van der Waals surface area (Å²) in [5.41, 5.74) is 16.1. The van der Waals surface area contributed by atoms with Gasteiger partial charge in [0.05, 0.1) is 64.4 Å². The molecular weight excluding hydrogens is 1130 g/mol. The number of para-hydroxylation sites is 4. The van der Waals surface area contributed by atoms with Crippen LogP contribution in [0.4, 0.5) is 0 Å². The molecule has 0 aliphatic carbocycles. The Labute approximate surface area is 528 Å². The van der Waals surface area contributed by atoms with E-state index in [1.807, 2.05) is 111 Å². The van der Waals surface area contributed by atoms with Crippen molar-refractivity contribution in [1.82, 2.24) is 19.9 Å². The summed E-state index contributed by atoms with van der Waals surface area (Å²) in [5.74, 6) is 5.64. The van der Waals surface area contributed by atoms with Crippen molar-refractivity contribution in [1.29, 1.82) is 0 Å². The van der Waals surface area contributed by atoms with Crippen LogP contribution in [0.3, 0.4) is 0 Å². The summed E-state index contributed by atoms with van der Waals surface area (Å²) in [5, 5.41) is 0.